The third-order valence-electron chi connectivity index (χ3n) is 6.00. The fourth-order valence-corrected chi connectivity index (χ4v) is 4.42. The number of ether oxygens (including phenoxy) is 1. The smallest absolute Gasteiger partial charge is 0.325 e. The van der Waals surface area contributed by atoms with Gasteiger partial charge in [0.1, 0.15) is 17.8 Å². The van der Waals surface area contributed by atoms with Crippen LogP contribution in [0.3, 0.4) is 0 Å². The predicted octanol–water partition coefficient (Wildman–Crippen LogP) is 2.31. The van der Waals surface area contributed by atoms with Gasteiger partial charge >= 0.3 is 6.03 Å². The quantitative estimate of drug-likeness (QED) is 0.680. The lowest BCUT2D eigenvalue weighted by atomic mass is 9.92. The third-order valence-corrected chi connectivity index (χ3v) is 6.00. The molecule has 0 spiro atoms. The summed E-state index contributed by atoms with van der Waals surface area (Å²) in [5, 5.41) is 5.53. The molecule has 1 saturated heterocycles. The number of benzene rings is 2. The van der Waals surface area contributed by atoms with E-state index in [1.807, 2.05) is 18.2 Å². The summed E-state index contributed by atoms with van der Waals surface area (Å²) in [6.07, 6.45) is 0.319. The molecule has 2 aliphatic heterocycles. The molecule has 0 saturated carbocycles. The Labute approximate surface area is 191 Å². The first-order valence-electron chi connectivity index (χ1n) is 10.7. The minimum atomic E-state index is -1.22. The second-order valence-corrected chi connectivity index (χ2v) is 8.52. The summed E-state index contributed by atoms with van der Waals surface area (Å²) in [6.45, 7) is 2.97. The minimum Gasteiger partial charge on any atom is -0.496 e. The number of amides is 5. The van der Waals surface area contributed by atoms with Gasteiger partial charge in [0.2, 0.25) is 11.8 Å². The second-order valence-electron chi connectivity index (χ2n) is 8.52. The molecule has 2 aliphatic rings. The summed E-state index contributed by atoms with van der Waals surface area (Å²) in [5.74, 6) is -0.527. The number of para-hydroxylation sites is 3. The summed E-state index contributed by atoms with van der Waals surface area (Å²) < 4.78 is 5.37. The number of urea groups is 1. The highest BCUT2D eigenvalue weighted by Gasteiger charge is 2.49. The maximum absolute atomic E-state index is 13.3. The molecule has 0 aromatic heterocycles. The molecule has 5 amide bonds. The zero-order chi connectivity index (χ0) is 23.8. The molecule has 172 valence electrons. The van der Waals surface area contributed by atoms with Gasteiger partial charge in [0.05, 0.1) is 18.5 Å². The lowest BCUT2D eigenvalue weighted by molar-refractivity contribution is -0.134. The number of nitrogens with one attached hydrogen (secondary N) is 2. The Bertz CT molecular complexity index is 1130. The topological polar surface area (TPSA) is 108 Å². The van der Waals surface area contributed by atoms with Gasteiger partial charge in [-0.05, 0) is 37.6 Å². The van der Waals surface area contributed by atoms with Crippen molar-refractivity contribution in [3.8, 4) is 5.75 Å². The Hall–Kier alpha value is -3.88. The van der Waals surface area contributed by atoms with Gasteiger partial charge in [-0.3, -0.25) is 19.3 Å². The Kier molecular flexibility index (Phi) is 5.80. The van der Waals surface area contributed by atoms with Gasteiger partial charge in [-0.15, -0.1) is 0 Å². The van der Waals surface area contributed by atoms with Crippen LogP contribution in [0.1, 0.15) is 25.8 Å². The van der Waals surface area contributed by atoms with Crippen molar-refractivity contribution in [2.24, 2.45) is 0 Å². The van der Waals surface area contributed by atoms with Crippen molar-refractivity contribution < 1.29 is 23.9 Å². The average molecular weight is 450 g/mol. The summed E-state index contributed by atoms with van der Waals surface area (Å²) in [5.41, 5.74) is 0.596. The Morgan fingerprint density at radius 2 is 1.82 bits per heavy atom. The molecule has 33 heavy (non-hydrogen) atoms. The van der Waals surface area contributed by atoms with Crippen LogP contribution < -0.4 is 20.3 Å². The number of hydrogen-bond acceptors (Lipinski definition) is 5. The molecule has 2 N–H and O–H groups in total. The van der Waals surface area contributed by atoms with Gasteiger partial charge in [0.15, 0.2) is 0 Å². The molecule has 4 rings (SSSR count). The molecule has 0 bridgehead atoms. The van der Waals surface area contributed by atoms with Crippen molar-refractivity contribution in [1.82, 2.24) is 10.2 Å². The summed E-state index contributed by atoms with van der Waals surface area (Å²) in [6, 6.07) is 13.2. The molecule has 9 heteroatoms. The van der Waals surface area contributed by atoms with Crippen molar-refractivity contribution in [3.05, 3.63) is 54.1 Å². The molecule has 2 heterocycles. The van der Waals surface area contributed by atoms with E-state index in [4.69, 9.17) is 4.74 Å². The van der Waals surface area contributed by atoms with E-state index in [1.54, 1.807) is 51.3 Å². The van der Waals surface area contributed by atoms with Gasteiger partial charge in [-0.25, -0.2) is 4.79 Å². The Morgan fingerprint density at radius 1 is 1.12 bits per heavy atom. The molecule has 9 nitrogen and oxygen atoms in total. The van der Waals surface area contributed by atoms with Crippen molar-refractivity contribution in [3.63, 3.8) is 0 Å². The van der Waals surface area contributed by atoms with Gasteiger partial charge in [-0.2, -0.15) is 0 Å². The first kappa shape index (κ1) is 22.3. The van der Waals surface area contributed by atoms with Crippen LogP contribution in [0.15, 0.2) is 48.5 Å². The number of imide groups is 1. The van der Waals surface area contributed by atoms with E-state index in [1.165, 1.54) is 4.90 Å². The number of anilines is 2. The molecule has 2 aromatic carbocycles. The fourth-order valence-electron chi connectivity index (χ4n) is 4.42. The number of carbonyl (C=O) groups excluding carboxylic acids is 4. The molecular formula is C24H26N4O5. The van der Waals surface area contributed by atoms with Crippen LogP contribution in [0.2, 0.25) is 0 Å². The van der Waals surface area contributed by atoms with Crippen molar-refractivity contribution in [1.29, 1.82) is 0 Å². The summed E-state index contributed by atoms with van der Waals surface area (Å²) in [4.78, 5) is 54.0. The molecule has 0 unspecified atom stereocenters. The standard InChI is InChI=1S/C24H26N4O5/c1-15-12-20(29)25-17-9-5-6-10-18(17)28(15)21(30)14-27-22(31)24(2,26-23(27)32)13-16-8-4-7-11-19(16)33-3/h4-11,15H,12-14H2,1-3H3,(H,25,29)(H,26,32)/t15-,24-/m0/s1. The highest BCUT2D eigenvalue weighted by molar-refractivity contribution is 6.11. The highest BCUT2D eigenvalue weighted by atomic mass is 16.5. The van der Waals surface area contributed by atoms with Gasteiger partial charge in [0, 0.05) is 18.9 Å². The van der Waals surface area contributed by atoms with Crippen LogP contribution in [-0.2, 0) is 20.8 Å². The van der Waals surface area contributed by atoms with E-state index in [0.717, 1.165) is 10.5 Å². The van der Waals surface area contributed by atoms with E-state index in [9.17, 15) is 19.2 Å². The van der Waals surface area contributed by atoms with Crippen molar-refractivity contribution in [2.45, 2.75) is 38.3 Å². The third kappa shape index (κ3) is 4.13. The lowest BCUT2D eigenvalue weighted by Crippen LogP contribution is -2.48. The van der Waals surface area contributed by atoms with Gasteiger partial charge in [0.25, 0.3) is 5.91 Å². The SMILES string of the molecule is COc1ccccc1C[C@]1(C)NC(=O)N(CC(=O)N2c3ccccc3NC(=O)C[C@@H]2C)C1=O. The summed E-state index contributed by atoms with van der Waals surface area (Å²) in [7, 11) is 1.54. The van der Waals surface area contributed by atoms with E-state index < -0.39 is 36.0 Å². The van der Waals surface area contributed by atoms with E-state index in [0.29, 0.717) is 17.1 Å². The number of rotatable bonds is 5. The molecular weight excluding hydrogens is 424 g/mol. The first-order chi connectivity index (χ1) is 15.7. The van der Waals surface area contributed by atoms with Crippen LogP contribution in [0, 0.1) is 0 Å². The maximum atomic E-state index is 13.3. The Morgan fingerprint density at radius 3 is 2.58 bits per heavy atom. The molecule has 2 atom stereocenters. The van der Waals surface area contributed by atoms with Gasteiger partial charge < -0.3 is 20.3 Å². The zero-order valence-corrected chi connectivity index (χ0v) is 18.8. The van der Waals surface area contributed by atoms with Crippen molar-refractivity contribution in [2.75, 3.05) is 23.9 Å². The normalized spacial score (nSPS) is 22.4. The monoisotopic (exact) mass is 450 g/mol. The Balaban J connectivity index is 1.57. The lowest BCUT2D eigenvalue weighted by Gasteiger charge is -2.29. The van der Waals surface area contributed by atoms with Crippen LogP contribution in [0.5, 0.6) is 5.75 Å². The van der Waals surface area contributed by atoms with E-state index in [-0.39, 0.29) is 18.7 Å². The number of hydrogen-bond donors (Lipinski definition) is 2. The van der Waals surface area contributed by atoms with E-state index >= 15 is 0 Å². The van der Waals surface area contributed by atoms with Crippen molar-refractivity contribution >= 4 is 35.1 Å². The maximum Gasteiger partial charge on any atom is 0.325 e. The predicted molar refractivity (Wildman–Crippen MR) is 122 cm³/mol. The largest absolute Gasteiger partial charge is 0.496 e. The molecule has 0 aliphatic carbocycles. The first-order valence-corrected chi connectivity index (χ1v) is 10.7. The number of nitrogens with zero attached hydrogens (tertiary/aromatic N) is 2. The number of fused-ring (bicyclic) bond motifs is 1. The van der Waals surface area contributed by atoms with Crippen LogP contribution in [0.4, 0.5) is 16.2 Å². The van der Waals surface area contributed by atoms with Crippen LogP contribution >= 0.6 is 0 Å². The average Bonchev–Trinajstić information content (AvgIpc) is 2.90. The van der Waals surface area contributed by atoms with Crippen LogP contribution in [-0.4, -0.2) is 53.9 Å². The zero-order valence-electron chi connectivity index (χ0n) is 18.8. The number of methoxy groups -OCH3 is 1. The second kappa shape index (κ2) is 8.57. The molecule has 2 aromatic rings. The van der Waals surface area contributed by atoms with Crippen LogP contribution in [0.25, 0.3) is 0 Å². The van der Waals surface area contributed by atoms with E-state index in [2.05, 4.69) is 10.6 Å². The molecule has 1 fully saturated rings. The molecule has 0 radical (unpaired) electrons. The highest BCUT2D eigenvalue weighted by Crippen LogP contribution is 2.32. The number of carbonyl (C=O) groups is 4. The fraction of sp³-hybridized carbons (Fsp3) is 0.333. The minimum absolute atomic E-state index is 0.103. The van der Waals surface area contributed by atoms with Gasteiger partial charge in [-0.1, -0.05) is 30.3 Å². The summed E-state index contributed by atoms with van der Waals surface area (Å²) >= 11 is 0.